The van der Waals surface area contributed by atoms with E-state index in [1.165, 1.54) is 0 Å². The molecule has 5 heteroatoms. The monoisotopic (exact) mass is 274 g/mol. The number of carbonyl (C=O) groups excluding carboxylic acids is 1. The normalized spacial score (nSPS) is 10.3. The average Bonchev–Trinajstić information content (AvgIpc) is 2.77. The van der Waals surface area contributed by atoms with Gasteiger partial charge in [-0.25, -0.2) is 0 Å². The Hall–Kier alpha value is -2.30. The highest BCUT2D eigenvalue weighted by molar-refractivity contribution is 5.94. The quantitative estimate of drug-likeness (QED) is 0.910. The molecule has 0 aliphatic carbocycles. The zero-order valence-electron chi connectivity index (χ0n) is 11.9. The van der Waals surface area contributed by atoms with Crippen molar-refractivity contribution in [1.82, 2.24) is 10.5 Å². The van der Waals surface area contributed by atoms with Crippen molar-refractivity contribution in [2.24, 2.45) is 0 Å². The third-order valence-corrected chi connectivity index (χ3v) is 3.02. The van der Waals surface area contributed by atoms with Gasteiger partial charge in [0.05, 0.1) is 11.3 Å². The van der Waals surface area contributed by atoms with E-state index < -0.39 is 0 Å². The van der Waals surface area contributed by atoms with E-state index in [1.54, 1.807) is 24.3 Å². The van der Waals surface area contributed by atoms with Crippen molar-refractivity contribution in [2.45, 2.75) is 27.4 Å². The molecule has 0 saturated heterocycles. The van der Waals surface area contributed by atoms with E-state index in [0.29, 0.717) is 24.5 Å². The van der Waals surface area contributed by atoms with Gasteiger partial charge in [-0.05, 0) is 45.0 Å². The second kappa shape index (κ2) is 6.23. The molecule has 0 spiro atoms. The van der Waals surface area contributed by atoms with Gasteiger partial charge in [0.25, 0.3) is 5.91 Å². The van der Waals surface area contributed by atoms with E-state index in [-0.39, 0.29) is 5.91 Å². The predicted molar refractivity (Wildman–Crippen MR) is 74.8 cm³/mol. The number of carbonyl (C=O) groups is 1. The van der Waals surface area contributed by atoms with Gasteiger partial charge < -0.3 is 14.6 Å². The number of benzene rings is 1. The van der Waals surface area contributed by atoms with Gasteiger partial charge in [-0.1, -0.05) is 5.16 Å². The van der Waals surface area contributed by atoms with Crippen molar-refractivity contribution in [2.75, 3.05) is 6.54 Å². The molecule has 2 aromatic rings. The first-order chi connectivity index (χ1) is 9.61. The Labute approximate surface area is 117 Å². The molecule has 2 rings (SSSR count). The van der Waals surface area contributed by atoms with E-state index in [1.807, 2.05) is 20.8 Å². The maximum atomic E-state index is 11.6. The third-order valence-electron chi connectivity index (χ3n) is 3.02. The van der Waals surface area contributed by atoms with Gasteiger partial charge in [0.1, 0.15) is 18.1 Å². The summed E-state index contributed by atoms with van der Waals surface area (Å²) in [6.07, 6.45) is 0. The summed E-state index contributed by atoms with van der Waals surface area (Å²) in [7, 11) is 0. The number of aromatic nitrogens is 1. The zero-order valence-corrected chi connectivity index (χ0v) is 11.9. The van der Waals surface area contributed by atoms with Crippen molar-refractivity contribution in [3.8, 4) is 5.75 Å². The summed E-state index contributed by atoms with van der Waals surface area (Å²) in [5.41, 5.74) is 2.41. The van der Waals surface area contributed by atoms with Gasteiger partial charge >= 0.3 is 0 Å². The molecule has 106 valence electrons. The summed E-state index contributed by atoms with van der Waals surface area (Å²) in [6, 6.07) is 7.05. The Morgan fingerprint density at radius 3 is 2.55 bits per heavy atom. The van der Waals surface area contributed by atoms with Crippen LogP contribution >= 0.6 is 0 Å². The lowest BCUT2D eigenvalue weighted by Gasteiger charge is -2.07. The van der Waals surface area contributed by atoms with Gasteiger partial charge in [0, 0.05) is 12.1 Å². The van der Waals surface area contributed by atoms with Crippen molar-refractivity contribution < 1.29 is 14.1 Å². The molecule has 1 aromatic carbocycles. The molecular formula is C15H18N2O3. The first-order valence-corrected chi connectivity index (χ1v) is 6.54. The molecule has 0 bridgehead atoms. The predicted octanol–water partition coefficient (Wildman–Crippen LogP) is 2.62. The Morgan fingerprint density at radius 2 is 2.00 bits per heavy atom. The number of nitrogens with one attached hydrogen (secondary N) is 1. The first kappa shape index (κ1) is 14.1. The minimum atomic E-state index is -0.0789. The Morgan fingerprint density at radius 1 is 1.30 bits per heavy atom. The number of ether oxygens (including phenoxy) is 1. The molecule has 0 unspecified atom stereocenters. The largest absolute Gasteiger partial charge is 0.489 e. The van der Waals surface area contributed by atoms with Gasteiger partial charge in [-0.15, -0.1) is 0 Å². The minimum Gasteiger partial charge on any atom is -0.489 e. The number of nitrogens with zero attached hydrogens (tertiary/aromatic N) is 1. The van der Waals surface area contributed by atoms with E-state index in [9.17, 15) is 4.79 Å². The molecule has 1 heterocycles. The van der Waals surface area contributed by atoms with Crippen LogP contribution in [0.5, 0.6) is 5.75 Å². The maximum Gasteiger partial charge on any atom is 0.251 e. The van der Waals surface area contributed by atoms with Crippen LogP contribution < -0.4 is 10.1 Å². The van der Waals surface area contributed by atoms with Crippen LogP contribution in [0.1, 0.15) is 34.3 Å². The van der Waals surface area contributed by atoms with E-state index in [4.69, 9.17) is 9.26 Å². The van der Waals surface area contributed by atoms with E-state index in [0.717, 1.165) is 17.0 Å². The van der Waals surface area contributed by atoms with Crippen molar-refractivity contribution in [1.29, 1.82) is 0 Å². The molecule has 0 aliphatic rings. The summed E-state index contributed by atoms with van der Waals surface area (Å²) in [5, 5.41) is 6.63. The van der Waals surface area contributed by atoms with E-state index in [2.05, 4.69) is 10.5 Å². The van der Waals surface area contributed by atoms with Crippen molar-refractivity contribution in [3.05, 3.63) is 46.8 Å². The van der Waals surface area contributed by atoms with Crippen LogP contribution in [0.3, 0.4) is 0 Å². The van der Waals surface area contributed by atoms with Crippen LogP contribution in [0.15, 0.2) is 28.8 Å². The fraction of sp³-hybridized carbons (Fsp3) is 0.333. The van der Waals surface area contributed by atoms with Crippen LogP contribution in [0.4, 0.5) is 0 Å². The highest BCUT2D eigenvalue weighted by Crippen LogP contribution is 2.17. The molecule has 0 radical (unpaired) electrons. The van der Waals surface area contributed by atoms with Crippen LogP contribution in [-0.4, -0.2) is 17.6 Å². The van der Waals surface area contributed by atoms with Gasteiger partial charge in [0.15, 0.2) is 0 Å². The van der Waals surface area contributed by atoms with Crippen LogP contribution in [0.25, 0.3) is 0 Å². The van der Waals surface area contributed by atoms with Crippen LogP contribution in [0.2, 0.25) is 0 Å². The lowest BCUT2D eigenvalue weighted by molar-refractivity contribution is 0.0956. The number of hydrogen-bond acceptors (Lipinski definition) is 4. The molecule has 20 heavy (non-hydrogen) atoms. The summed E-state index contributed by atoms with van der Waals surface area (Å²) in [5.74, 6) is 1.39. The molecule has 1 amide bonds. The van der Waals surface area contributed by atoms with Gasteiger partial charge in [-0.3, -0.25) is 4.79 Å². The Balaban J connectivity index is 1.99. The number of aryl methyl sites for hydroxylation is 2. The summed E-state index contributed by atoms with van der Waals surface area (Å²) in [6.45, 7) is 6.65. The number of hydrogen-bond donors (Lipinski definition) is 1. The van der Waals surface area contributed by atoms with E-state index >= 15 is 0 Å². The Bertz CT molecular complexity index is 568. The number of rotatable bonds is 5. The second-order valence-corrected chi connectivity index (χ2v) is 4.48. The molecule has 0 fully saturated rings. The fourth-order valence-corrected chi connectivity index (χ4v) is 1.83. The SMILES string of the molecule is CCNC(=O)c1ccc(OCc2c(C)noc2C)cc1. The zero-order chi connectivity index (χ0) is 14.5. The lowest BCUT2D eigenvalue weighted by Crippen LogP contribution is -2.22. The molecule has 1 N–H and O–H groups in total. The molecular weight excluding hydrogens is 256 g/mol. The lowest BCUT2D eigenvalue weighted by atomic mass is 10.2. The van der Waals surface area contributed by atoms with Gasteiger partial charge in [0.2, 0.25) is 0 Å². The molecule has 0 aliphatic heterocycles. The molecule has 5 nitrogen and oxygen atoms in total. The van der Waals surface area contributed by atoms with Crippen molar-refractivity contribution in [3.63, 3.8) is 0 Å². The molecule has 0 saturated carbocycles. The highest BCUT2D eigenvalue weighted by Gasteiger charge is 2.10. The summed E-state index contributed by atoms with van der Waals surface area (Å²) >= 11 is 0. The van der Waals surface area contributed by atoms with Gasteiger partial charge in [-0.2, -0.15) is 0 Å². The second-order valence-electron chi connectivity index (χ2n) is 4.48. The standard InChI is InChI=1S/C15H18N2O3/c1-4-16-15(18)12-5-7-13(8-6-12)19-9-14-10(2)17-20-11(14)3/h5-8H,4,9H2,1-3H3,(H,16,18). The summed E-state index contributed by atoms with van der Waals surface area (Å²) in [4.78, 5) is 11.6. The van der Waals surface area contributed by atoms with Crippen molar-refractivity contribution >= 4 is 5.91 Å². The summed E-state index contributed by atoms with van der Waals surface area (Å²) < 4.78 is 10.8. The minimum absolute atomic E-state index is 0.0789. The smallest absolute Gasteiger partial charge is 0.251 e. The topological polar surface area (TPSA) is 64.4 Å². The molecule has 0 atom stereocenters. The van der Waals surface area contributed by atoms with Crippen LogP contribution in [-0.2, 0) is 6.61 Å². The fourth-order valence-electron chi connectivity index (χ4n) is 1.83. The first-order valence-electron chi connectivity index (χ1n) is 6.54. The average molecular weight is 274 g/mol. The third kappa shape index (κ3) is 3.17. The molecule has 1 aromatic heterocycles. The highest BCUT2D eigenvalue weighted by atomic mass is 16.5. The Kier molecular flexibility index (Phi) is 4.40. The number of amides is 1. The van der Waals surface area contributed by atoms with Crippen LogP contribution in [0, 0.1) is 13.8 Å². The maximum absolute atomic E-state index is 11.6.